The summed E-state index contributed by atoms with van der Waals surface area (Å²) in [5.41, 5.74) is 0.976. The highest BCUT2D eigenvalue weighted by Crippen LogP contribution is 2.48. The smallest absolute Gasteiger partial charge is 0.246 e. The fourth-order valence-electron chi connectivity index (χ4n) is 6.27. The minimum atomic E-state index is -1.61. The second-order valence-electron chi connectivity index (χ2n) is 11.1. The van der Waals surface area contributed by atoms with Crippen molar-refractivity contribution < 1.29 is 14.3 Å². The van der Waals surface area contributed by atoms with Crippen LogP contribution >= 0.6 is 0 Å². The number of carbonyl (C=O) groups excluding carboxylic acids is 1. The van der Waals surface area contributed by atoms with Gasteiger partial charge in [-0.25, -0.2) is 9.97 Å². The van der Waals surface area contributed by atoms with Crippen LogP contribution in [0.2, 0.25) is 0 Å². The SMILES string of the molecule is COc1ccccc1C(c1cccc2ccccc12)[C@](C#N)(COCc1ccccc1)C(=O)N1CCN(c2ncccn2)CC1. The Hall–Kier alpha value is -5.26. The summed E-state index contributed by atoms with van der Waals surface area (Å²) < 4.78 is 12.2. The van der Waals surface area contributed by atoms with Gasteiger partial charge in [0, 0.05) is 50.1 Å². The molecule has 5 aromatic rings. The Bertz CT molecular complexity index is 1780. The summed E-state index contributed by atoms with van der Waals surface area (Å²) in [7, 11) is 1.62. The second kappa shape index (κ2) is 13.6. The van der Waals surface area contributed by atoms with Gasteiger partial charge in [-0.05, 0) is 34.0 Å². The summed E-state index contributed by atoms with van der Waals surface area (Å²) in [5.74, 6) is 0.279. The number of nitriles is 1. The highest BCUT2D eigenvalue weighted by atomic mass is 16.5. The normalized spacial score (nSPS) is 15.2. The van der Waals surface area contributed by atoms with E-state index in [1.807, 2.05) is 97.1 Å². The van der Waals surface area contributed by atoms with Gasteiger partial charge in [0.1, 0.15) is 5.75 Å². The molecule has 1 aliphatic rings. The number of anilines is 1. The molecule has 0 saturated carbocycles. The van der Waals surface area contributed by atoms with Crippen molar-refractivity contribution in [3.05, 3.63) is 132 Å². The summed E-state index contributed by atoms with van der Waals surface area (Å²) in [5, 5.41) is 13.3. The number of benzene rings is 4. The number of ether oxygens (including phenoxy) is 2. The number of hydrogen-bond donors (Lipinski definition) is 0. The quantitative estimate of drug-likeness (QED) is 0.200. The molecule has 8 nitrogen and oxygen atoms in total. The molecule has 226 valence electrons. The molecule has 0 radical (unpaired) electrons. The molecular formula is C37H35N5O3. The average molecular weight is 598 g/mol. The van der Waals surface area contributed by atoms with Gasteiger partial charge >= 0.3 is 0 Å². The predicted octanol–water partition coefficient (Wildman–Crippen LogP) is 5.85. The van der Waals surface area contributed by atoms with Crippen molar-refractivity contribution in [3.63, 3.8) is 0 Å². The van der Waals surface area contributed by atoms with Gasteiger partial charge in [-0.3, -0.25) is 4.79 Å². The zero-order valence-electron chi connectivity index (χ0n) is 25.3. The first-order valence-electron chi connectivity index (χ1n) is 15.1. The molecule has 2 heterocycles. The first kappa shape index (κ1) is 29.8. The van der Waals surface area contributed by atoms with Gasteiger partial charge in [-0.1, -0.05) is 91.0 Å². The van der Waals surface area contributed by atoms with E-state index in [-0.39, 0.29) is 19.1 Å². The Morgan fingerprint density at radius 3 is 2.27 bits per heavy atom. The largest absolute Gasteiger partial charge is 0.496 e. The third-order valence-electron chi connectivity index (χ3n) is 8.50. The van der Waals surface area contributed by atoms with Crippen LogP contribution in [0.4, 0.5) is 5.95 Å². The molecule has 0 bridgehead atoms. The van der Waals surface area contributed by atoms with Crippen LogP contribution in [0.3, 0.4) is 0 Å². The van der Waals surface area contributed by atoms with Crippen LogP contribution in [0, 0.1) is 16.7 Å². The van der Waals surface area contributed by atoms with Gasteiger partial charge in [-0.2, -0.15) is 5.26 Å². The number of hydrogen-bond acceptors (Lipinski definition) is 7. The fraction of sp³-hybridized carbons (Fsp3) is 0.243. The summed E-state index contributed by atoms with van der Waals surface area (Å²) >= 11 is 0. The maximum Gasteiger partial charge on any atom is 0.246 e. The zero-order chi connectivity index (χ0) is 31.1. The number of piperazine rings is 1. The number of fused-ring (bicyclic) bond motifs is 1. The van der Waals surface area contributed by atoms with E-state index in [0.29, 0.717) is 37.9 Å². The van der Waals surface area contributed by atoms with Crippen LogP contribution < -0.4 is 9.64 Å². The number of rotatable bonds is 10. The lowest BCUT2D eigenvalue weighted by Gasteiger charge is -2.42. The van der Waals surface area contributed by atoms with Gasteiger partial charge in [-0.15, -0.1) is 0 Å². The molecule has 1 aromatic heterocycles. The van der Waals surface area contributed by atoms with Crippen molar-refractivity contribution >= 4 is 22.6 Å². The second-order valence-corrected chi connectivity index (χ2v) is 11.1. The Morgan fingerprint density at radius 1 is 0.844 bits per heavy atom. The molecular weight excluding hydrogens is 562 g/mol. The fourth-order valence-corrected chi connectivity index (χ4v) is 6.27. The average Bonchev–Trinajstić information content (AvgIpc) is 3.12. The van der Waals surface area contributed by atoms with Gasteiger partial charge in [0.2, 0.25) is 11.9 Å². The highest BCUT2D eigenvalue weighted by molar-refractivity contribution is 5.92. The van der Waals surface area contributed by atoms with Crippen molar-refractivity contribution in [2.45, 2.75) is 12.5 Å². The molecule has 0 aliphatic carbocycles. The van der Waals surface area contributed by atoms with Gasteiger partial charge in [0.25, 0.3) is 0 Å². The number of carbonyl (C=O) groups is 1. The molecule has 1 amide bonds. The molecule has 2 atom stereocenters. The van der Waals surface area contributed by atoms with Crippen LogP contribution in [0.15, 0.2) is 116 Å². The molecule has 4 aromatic carbocycles. The van der Waals surface area contributed by atoms with Crippen LogP contribution in [-0.4, -0.2) is 60.7 Å². The summed E-state index contributed by atoms with van der Waals surface area (Å²) in [6.45, 7) is 2.11. The van der Waals surface area contributed by atoms with E-state index in [4.69, 9.17) is 9.47 Å². The number of amides is 1. The molecule has 1 saturated heterocycles. The van der Waals surface area contributed by atoms with E-state index in [0.717, 1.165) is 27.5 Å². The third-order valence-corrected chi connectivity index (χ3v) is 8.50. The van der Waals surface area contributed by atoms with E-state index in [1.54, 1.807) is 30.5 Å². The first-order chi connectivity index (χ1) is 22.1. The Morgan fingerprint density at radius 2 is 1.51 bits per heavy atom. The summed E-state index contributed by atoms with van der Waals surface area (Å²) in [4.78, 5) is 27.6. The van der Waals surface area contributed by atoms with Crippen molar-refractivity contribution in [1.82, 2.24) is 14.9 Å². The Kier molecular flexibility index (Phi) is 8.99. The molecule has 6 rings (SSSR count). The van der Waals surface area contributed by atoms with E-state index in [2.05, 4.69) is 20.9 Å². The highest BCUT2D eigenvalue weighted by Gasteiger charge is 2.52. The first-order valence-corrected chi connectivity index (χ1v) is 15.1. The van der Waals surface area contributed by atoms with Crippen LogP contribution in [-0.2, 0) is 16.1 Å². The standard InChI is InChI=1S/C37H35N5O3/c1-44-33-18-8-7-16-32(33)34(31-17-9-14-29-13-5-6-15-30(29)31)37(26-38,27-45-25-28-11-3-2-4-12-28)35(43)41-21-23-42(24-22-41)36-39-19-10-20-40-36/h2-20,34H,21-25,27H2,1H3/t34?,37-/m0/s1. The van der Waals surface area contributed by atoms with Crippen molar-refractivity contribution in [2.24, 2.45) is 5.41 Å². The lowest BCUT2D eigenvalue weighted by molar-refractivity contribution is -0.143. The molecule has 45 heavy (non-hydrogen) atoms. The van der Waals surface area contributed by atoms with Crippen LogP contribution in [0.1, 0.15) is 22.6 Å². The van der Waals surface area contributed by atoms with Crippen LogP contribution in [0.5, 0.6) is 5.75 Å². The Balaban J connectivity index is 1.45. The monoisotopic (exact) mass is 597 g/mol. The van der Waals surface area contributed by atoms with Crippen molar-refractivity contribution in [2.75, 3.05) is 44.8 Å². The maximum absolute atomic E-state index is 15.0. The van der Waals surface area contributed by atoms with Crippen molar-refractivity contribution in [1.29, 1.82) is 5.26 Å². The van der Waals surface area contributed by atoms with E-state index < -0.39 is 11.3 Å². The van der Waals surface area contributed by atoms with Gasteiger partial charge < -0.3 is 19.3 Å². The topological polar surface area (TPSA) is 91.6 Å². The zero-order valence-corrected chi connectivity index (χ0v) is 25.3. The minimum Gasteiger partial charge on any atom is -0.496 e. The molecule has 8 heteroatoms. The van der Waals surface area contributed by atoms with Gasteiger partial charge in [0.05, 0.1) is 26.4 Å². The minimum absolute atomic E-state index is 0.106. The molecule has 1 aliphatic heterocycles. The molecule has 0 N–H and O–H groups in total. The van der Waals surface area contributed by atoms with E-state index in [9.17, 15) is 10.1 Å². The molecule has 1 unspecified atom stereocenters. The Labute approximate surface area is 263 Å². The van der Waals surface area contributed by atoms with E-state index >= 15 is 0 Å². The molecule has 1 fully saturated rings. The van der Waals surface area contributed by atoms with Gasteiger partial charge in [0.15, 0.2) is 5.41 Å². The number of methoxy groups -OCH3 is 1. The van der Waals surface area contributed by atoms with Crippen LogP contribution in [0.25, 0.3) is 10.8 Å². The predicted molar refractivity (Wildman–Crippen MR) is 174 cm³/mol. The summed E-state index contributed by atoms with van der Waals surface area (Å²) in [6.07, 6.45) is 3.43. The maximum atomic E-state index is 15.0. The summed E-state index contributed by atoms with van der Waals surface area (Å²) in [6, 6.07) is 35.9. The van der Waals surface area contributed by atoms with E-state index in [1.165, 1.54) is 0 Å². The third kappa shape index (κ3) is 6.08. The lowest BCUT2D eigenvalue weighted by atomic mass is 9.67. The lowest BCUT2D eigenvalue weighted by Crippen LogP contribution is -2.56. The number of nitrogens with zero attached hydrogens (tertiary/aromatic N) is 5. The van der Waals surface area contributed by atoms with Crippen molar-refractivity contribution in [3.8, 4) is 11.8 Å². The molecule has 0 spiro atoms. The number of aromatic nitrogens is 2. The number of para-hydroxylation sites is 1.